The van der Waals surface area contributed by atoms with E-state index in [0.29, 0.717) is 0 Å². The zero-order valence-electron chi connectivity index (χ0n) is 15.8. The Morgan fingerprint density at radius 1 is 1.11 bits per heavy atom. The normalized spacial score (nSPS) is 12.8. The summed E-state index contributed by atoms with van der Waals surface area (Å²) in [5.41, 5.74) is 11.5. The molecule has 0 radical (unpaired) electrons. The van der Waals surface area contributed by atoms with E-state index in [2.05, 4.69) is 26.0 Å². The van der Waals surface area contributed by atoms with Gasteiger partial charge < -0.3 is 15.8 Å². The topological polar surface area (TPSA) is 142 Å². The summed E-state index contributed by atoms with van der Waals surface area (Å²) < 4.78 is 0. The monoisotopic (exact) mass is 382 g/mol. The Hall–Kier alpha value is -3.42. The van der Waals surface area contributed by atoms with Crippen molar-refractivity contribution >= 4 is 22.6 Å². The molecule has 2 heterocycles. The van der Waals surface area contributed by atoms with Crippen molar-refractivity contribution < 1.29 is 9.90 Å². The van der Waals surface area contributed by atoms with E-state index in [0.717, 1.165) is 35.5 Å². The number of pyridine rings is 1. The zero-order chi connectivity index (χ0) is 20.4. The molecule has 0 spiro atoms. The number of carboxylic acid groups (broad SMARTS) is 1. The van der Waals surface area contributed by atoms with Crippen LogP contribution in [0.3, 0.4) is 0 Å². The molecule has 5 N–H and O–H groups in total. The number of hydrogen-bond acceptors (Lipinski definition) is 5. The van der Waals surface area contributed by atoms with Crippen molar-refractivity contribution in [3.8, 4) is 0 Å². The van der Waals surface area contributed by atoms with E-state index >= 15 is 0 Å². The van der Waals surface area contributed by atoms with Gasteiger partial charge in [0.15, 0.2) is 0 Å². The molecule has 1 aromatic carbocycles. The highest BCUT2D eigenvalue weighted by Gasteiger charge is 2.17. The Bertz CT molecular complexity index is 1150. The second-order valence-corrected chi connectivity index (χ2v) is 6.94. The van der Waals surface area contributed by atoms with Gasteiger partial charge in [0.25, 0.3) is 5.56 Å². The fourth-order valence-electron chi connectivity index (χ4n) is 3.50. The first-order chi connectivity index (χ1) is 13.3. The Labute approximate surface area is 160 Å². The number of nitrogen functional groups attached to an aromatic ring is 1. The van der Waals surface area contributed by atoms with Gasteiger partial charge in [-0.1, -0.05) is 11.6 Å². The van der Waals surface area contributed by atoms with Crippen molar-refractivity contribution in [1.29, 1.82) is 0 Å². The van der Waals surface area contributed by atoms with Crippen molar-refractivity contribution in [1.82, 2.24) is 15.0 Å². The first-order valence-electron chi connectivity index (χ1n) is 9.01. The maximum Gasteiger partial charge on any atom is 0.352 e. The predicted octanol–water partition coefficient (Wildman–Crippen LogP) is 2.07. The number of anilines is 1. The van der Waals surface area contributed by atoms with E-state index in [1.54, 1.807) is 0 Å². The molecule has 2 aromatic heterocycles. The van der Waals surface area contributed by atoms with Crippen LogP contribution >= 0.6 is 0 Å². The molecule has 8 nitrogen and oxygen atoms in total. The molecule has 0 fully saturated rings. The minimum atomic E-state index is -1.34. The quantitative estimate of drug-likeness (QED) is 0.507. The van der Waals surface area contributed by atoms with Gasteiger partial charge >= 0.3 is 11.7 Å². The number of aromatic amines is 2. The van der Waals surface area contributed by atoms with Gasteiger partial charge in [0.2, 0.25) is 0 Å². The number of benzene rings is 1. The van der Waals surface area contributed by atoms with Crippen LogP contribution in [0.1, 0.15) is 45.7 Å². The number of carbonyl (C=O) groups is 1. The number of H-pyrrole nitrogens is 2. The highest BCUT2D eigenvalue weighted by atomic mass is 16.4. The lowest BCUT2D eigenvalue weighted by Crippen LogP contribution is -2.24. The van der Waals surface area contributed by atoms with Crippen molar-refractivity contribution in [3.63, 3.8) is 0 Å². The number of aromatic nitrogens is 3. The van der Waals surface area contributed by atoms with Crippen LogP contribution in [0.4, 0.5) is 5.69 Å². The first kappa shape index (κ1) is 19.3. The summed E-state index contributed by atoms with van der Waals surface area (Å²) in [6.07, 6.45) is 4.67. The lowest BCUT2D eigenvalue weighted by molar-refractivity contribution is 0.0689. The van der Waals surface area contributed by atoms with Crippen LogP contribution < -0.4 is 17.0 Å². The number of carboxylic acids is 1. The third kappa shape index (κ3) is 3.95. The van der Waals surface area contributed by atoms with Crippen LogP contribution in [-0.2, 0) is 12.8 Å². The fraction of sp³-hybridized carbons (Fsp3) is 0.300. The Kier molecular flexibility index (Phi) is 5.30. The van der Waals surface area contributed by atoms with E-state index in [9.17, 15) is 14.4 Å². The van der Waals surface area contributed by atoms with E-state index in [1.807, 2.05) is 9.97 Å². The molecular formula is C20H22N4O4. The van der Waals surface area contributed by atoms with E-state index in [-0.39, 0.29) is 0 Å². The highest BCUT2D eigenvalue weighted by molar-refractivity contribution is 5.94. The van der Waals surface area contributed by atoms with E-state index in [4.69, 9.17) is 15.8 Å². The van der Waals surface area contributed by atoms with Gasteiger partial charge in [-0.05, 0) is 56.7 Å². The Morgan fingerprint density at radius 2 is 1.82 bits per heavy atom. The van der Waals surface area contributed by atoms with Gasteiger partial charge in [-0.15, -0.1) is 0 Å². The van der Waals surface area contributed by atoms with Crippen LogP contribution in [0, 0.1) is 13.8 Å². The number of nitrogens with zero attached hydrogens (tertiary/aromatic N) is 1. The van der Waals surface area contributed by atoms with Gasteiger partial charge in [-0.25, -0.2) is 9.59 Å². The molecule has 0 amide bonds. The van der Waals surface area contributed by atoms with Crippen LogP contribution in [0.25, 0.3) is 10.9 Å². The predicted molar refractivity (Wildman–Crippen MR) is 107 cm³/mol. The van der Waals surface area contributed by atoms with Gasteiger partial charge in [0, 0.05) is 22.8 Å². The van der Waals surface area contributed by atoms with Crippen molar-refractivity contribution in [2.75, 3.05) is 5.73 Å². The maximum atomic E-state index is 10.5. The van der Waals surface area contributed by atoms with Gasteiger partial charge in [-0.2, -0.15) is 0 Å². The van der Waals surface area contributed by atoms with Gasteiger partial charge in [0.05, 0.1) is 5.52 Å². The average molecular weight is 382 g/mol. The smallest absolute Gasteiger partial charge is 0.352 e. The molecule has 0 atom stereocenters. The average Bonchev–Trinajstić information content (AvgIpc) is 2.63. The van der Waals surface area contributed by atoms with Crippen molar-refractivity contribution in [3.05, 3.63) is 67.1 Å². The van der Waals surface area contributed by atoms with Gasteiger partial charge in [0.1, 0.15) is 5.69 Å². The summed E-state index contributed by atoms with van der Waals surface area (Å²) in [5, 5.41) is 9.45. The van der Waals surface area contributed by atoms with Crippen LogP contribution in [0.2, 0.25) is 0 Å². The molecule has 0 saturated carbocycles. The van der Waals surface area contributed by atoms with Crippen LogP contribution in [0.5, 0.6) is 0 Å². The Balaban J connectivity index is 0.000000178. The summed E-state index contributed by atoms with van der Waals surface area (Å²) in [7, 11) is 0. The SMILES string of the molecule is Cc1cc(C)c2nc3c(c(N)c2c1)CCCC3.O=C(O)c1cc(=O)[nH]c(=O)[nH]1. The van der Waals surface area contributed by atoms with Gasteiger partial charge in [-0.3, -0.25) is 14.8 Å². The molecule has 8 heteroatoms. The minimum Gasteiger partial charge on any atom is -0.477 e. The lowest BCUT2D eigenvalue weighted by Gasteiger charge is -2.19. The molecule has 0 saturated heterocycles. The molecular weight excluding hydrogens is 360 g/mol. The molecule has 1 aliphatic rings. The van der Waals surface area contributed by atoms with E-state index in [1.165, 1.54) is 35.2 Å². The molecule has 4 rings (SSSR count). The summed E-state index contributed by atoms with van der Waals surface area (Å²) in [4.78, 5) is 39.7. The number of fused-ring (bicyclic) bond motifs is 2. The molecule has 0 unspecified atom stereocenters. The van der Waals surface area contributed by atoms with Crippen molar-refractivity contribution in [2.24, 2.45) is 0 Å². The molecule has 146 valence electrons. The maximum absolute atomic E-state index is 10.5. The molecule has 3 aromatic rings. The summed E-state index contributed by atoms with van der Waals surface area (Å²) in [6, 6.07) is 5.15. The largest absolute Gasteiger partial charge is 0.477 e. The molecule has 1 aliphatic carbocycles. The third-order valence-electron chi connectivity index (χ3n) is 4.74. The minimum absolute atomic E-state index is 0.418. The number of aromatic carboxylic acids is 1. The summed E-state index contributed by atoms with van der Waals surface area (Å²) >= 11 is 0. The first-order valence-corrected chi connectivity index (χ1v) is 9.01. The number of nitrogens with one attached hydrogen (secondary N) is 2. The second kappa shape index (κ2) is 7.67. The zero-order valence-corrected chi connectivity index (χ0v) is 15.8. The summed E-state index contributed by atoms with van der Waals surface area (Å²) in [6.45, 7) is 4.24. The fourth-order valence-corrected chi connectivity index (χ4v) is 3.50. The Morgan fingerprint density at radius 3 is 2.50 bits per heavy atom. The number of rotatable bonds is 1. The number of nitrogens with two attached hydrogens (primary N) is 1. The molecule has 0 bridgehead atoms. The van der Waals surface area contributed by atoms with E-state index < -0.39 is 22.9 Å². The lowest BCUT2D eigenvalue weighted by atomic mass is 9.92. The second-order valence-electron chi connectivity index (χ2n) is 6.94. The van der Waals surface area contributed by atoms with Crippen LogP contribution in [0.15, 0.2) is 27.8 Å². The standard InChI is InChI=1S/C15H18N2.C5H4N2O4/c1-9-7-10(2)15-12(8-9)14(16)11-5-3-4-6-13(11)17-15;8-3-1-2(4(9)10)6-5(11)7-3/h7-8H,3-6H2,1-2H3,(H2,16,17);1H,(H,9,10)(H2,6,7,8,11). The number of hydrogen-bond donors (Lipinski definition) is 4. The molecule has 0 aliphatic heterocycles. The molecule has 28 heavy (non-hydrogen) atoms. The van der Waals surface area contributed by atoms with Crippen molar-refractivity contribution in [2.45, 2.75) is 39.5 Å². The third-order valence-corrected chi connectivity index (χ3v) is 4.74. The van der Waals surface area contributed by atoms with Crippen LogP contribution in [-0.4, -0.2) is 26.0 Å². The number of aryl methyl sites for hydroxylation is 3. The summed E-state index contributed by atoms with van der Waals surface area (Å²) in [5.74, 6) is -1.34. The highest BCUT2D eigenvalue weighted by Crippen LogP contribution is 2.32.